The summed E-state index contributed by atoms with van der Waals surface area (Å²) in [4.78, 5) is 22.1. The Kier molecular flexibility index (Phi) is 3.90. The molecule has 20 heavy (non-hydrogen) atoms. The lowest BCUT2D eigenvalue weighted by molar-refractivity contribution is -0.140. The van der Waals surface area contributed by atoms with E-state index >= 15 is 0 Å². The van der Waals surface area contributed by atoms with Gasteiger partial charge in [-0.2, -0.15) is 0 Å². The van der Waals surface area contributed by atoms with E-state index in [2.05, 4.69) is 6.58 Å². The van der Waals surface area contributed by atoms with E-state index in [4.69, 9.17) is 9.47 Å². The number of hydrogen-bond donors (Lipinski definition) is 1. The number of benzene rings is 1. The largest absolute Gasteiger partial charge is 0.482 e. The molecule has 0 fully saturated rings. The molecule has 0 bridgehead atoms. The van der Waals surface area contributed by atoms with Gasteiger partial charge >= 0.3 is 5.97 Å². The Morgan fingerprint density at radius 1 is 1.40 bits per heavy atom. The van der Waals surface area contributed by atoms with Gasteiger partial charge in [0.1, 0.15) is 18.5 Å². The van der Waals surface area contributed by atoms with Gasteiger partial charge in [0.15, 0.2) is 11.9 Å². The Morgan fingerprint density at radius 2 is 2.10 bits per heavy atom. The van der Waals surface area contributed by atoms with Crippen molar-refractivity contribution in [2.24, 2.45) is 0 Å². The van der Waals surface area contributed by atoms with Crippen molar-refractivity contribution in [2.75, 3.05) is 6.61 Å². The van der Waals surface area contributed by atoms with E-state index < -0.39 is 18.2 Å². The fourth-order valence-electron chi connectivity index (χ4n) is 2.05. The maximum Gasteiger partial charge on any atom is 0.302 e. The molecule has 106 valence electrons. The van der Waals surface area contributed by atoms with Crippen LogP contribution in [0.5, 0.6) is 5.75 Å². The molecule has 0 aromatic heterocycles. The minimum absolute atomic E-state index is 0.00931. The lowest BCUT2D eigenvalue weighted by Crippen LogP contribution is -2.24. The molecule has 0 aliphatic carbocycles. The molecular formula is C15H16O5. The van der Waals surface area contributed by atoms with Crippen LogP contribution in [0.15, 0.2) is 30.4 Å². The minimum Gasteiger partial charge on any atom is -0.482 e. The quantitative estimate of drug-likeness (QED) is 0.516. The number of ether oxygens (including phenoxy) is 2. The molecule has 0 spiro atoms. The predicted octanol–water partition coefficient (Wildman–Crippen LogP) is 1.80. The van der Waals surface area contributed by atoms with Crippen molar-refractivity contribution in [2.45, 2.75) is 26.1 Å². The van der Waals surface area contributed by atoms with Crippen LogP contribution >= 0.6 is 0 Å². The normalized spacial score (nSPS) is 19.9. The molecule has 0 amide bonds. The highest BCUT2D eigenvalue weighted by molar-refractivity contribution is 5.94. The first-order chi connectivity index (χ1) is 9.40. The van der Waals surface area contributed by atoms with Crippen molar-refractivity contribution in [3.05, 3.63) is 41.5 Å². The third-order valence-electron chi connectivity index (χ3n) is 3.14. The monoisotopic (exact) mass is 276 g/mol. The second kappa shape index (κ2) is 5.46. The van der Waals surface area contributed by atoms with Gasteiger partial charge in [-0.05, 0) is 25.1 Å². The summed E-state index contributed by atoms with van der Waals surface area (Å²) < 4.78 is 10.4. The van der Waals surface area contributed by atoms with Gasteiger partial charge in [-0.3, -0.25) is 9.59 Å². The van der Waals surface area contributed by atoms with Crippen molar-refractivity contribution in [1.29, 1.82) is 0 Å². The molecule has 5 heteroatoms. The maximum absolute atomic E-state index is 11.3. The summed E-state index contributed by atoms with van der Waals surface area (Å²) in [6.45, 7) is 6.52. The number of carbonyl (C=O) groups is 2. The molecule has 1 aliphatic heterocycles. The Hall–Kier alpha value is -2.14. The fourth-order valence-corrected chi connectivity index (χ4v) is 2.05. The predicted molar refractivity (Wildman–Crippen MR) is 71.6 cm³/mol. The van der Waals surface area contributed by atoms with Crippen molar-refractivity contribution in [1.82, 2.24) is 0 Å². The molecule has 0 unspecified atom stereocenters. The average Bonchev–Trinajstić information content (AvgIpc) is 2.73. The summed E-state index contributed by atoms with van der Waals surface area (Å²) >= 11 is 0. The van der Waals surface area contributed by atoms with Gasteiger partial charge in [-0.25, -0.2) is 0 Å². The first kappa shape index (κ1) is 14.3. The van der Waals surface area contributed by atoms with Crippen LogP contribution in [0.1, 0.15) is 35.9 Å². The molecule has 1 aromatic rings. The molecule has 1 N–H and O–H groups in total. The van der Waals surface area contributed by atoms with Gasteiger partial charge in [0.2, 0.25) is 0 Å². The van der Waals surface area contributed by atoms with Gasteiger partial charge in [0, 0.05) is 23.6 Å². The van der Waals surface area contributed by atoms with Crippen LogP contribution < -0.4 is 4.74 Å². The summed E-state index contributed by atoms with van der Waals surface area (Å²) in [5.74, 6) is 0.00804. The van der Waals surface area contributed by atoms with Gasteiger partial charge in [-0.15, -0.1) is 0 Å². The van der Waals surface area contributed by atoms with E-state index in [0.717, 1.165) is 0 Å². The molecule has 5 nitrogen and oxygen atoms in total. The molecule has 2 rings (SSSR count). The van der Waals surface area contributed by atoms with Crippen LogP contribution in [-0.2, 0) is 9.53 Å². The van der Waals surface area contributed by atoms with Crippen LogP contribution in [0, 0.1) is 0 Å². The number of Topliss-reactive ketones (excluding diaryl/α,β-unsaturated/α-hetero) is 1. The highest BCUT2D eigenvalue weighted by Crippen LogP contribution is 2.39. The number of ketones is 1. The fraction of sp³-hybridized carbons (Fsp3) is 0.333. The second-order valence-corrected chi connectivity index (χ2v) is 4.73. The summed E-state index contributed by atoms with van der Waals surface area (Å²) in [6, 6.07) is 4.90. The minimum atomic E-state index is -0.924. The smallest absolute Gasteiger partial charge is 0.302 e. The first-order valence-electron chi connectivity index (χ1n) is 6.20. The van der Waals surface area contributed by atoms with Crippen LogP contribution in [0.3, 0.4) is 0 Å². The van der Waals surface area contributed by atoms with E-state index in [0.29, 0.717) is 22.4 Å². The number of fused-ring (bicyclic) bond motifs is 1. The topological polar surface area (TPSA) is 72.8 Å². The van der Waals surface area contributed by atoms with Crippen LogP contribution in [0.25, 0.3) is 0 Å². The first-order valence-corrected chi connectivity index (χ1v) is 6.20. The molecule has 1 heterocycles. The third kappa shape index (κ3) is 2.72. The molecule has 1 aromatic carbocycles. The molecule has 0 radical (unpaired) electrons. The lowest BCUT2D eigenvalue weighted by Gasteiger charge is -2.17. The van der Waals surface area contributed by atoms with Crippen molar-refractivity contribution < 1.29 is 24.2 Å². The zero-order valence-electron chi connectivity index (χ0n) is 11.4. The number of rotatable bonds is 4. The average molecular weight is 276 g/mol. The van der Waals surface area contributed by atoms with E-state index in [9.17, 15) is 14.7 Å². The van der Waals surface area contributed by atoms with Gasteiger partial charge in [-0.1, -0.05) is 6.58 Å². The molecule has 0 saturated heterocycles. The Balaban J connectivity index is 2.16. The van der Waals surface area contributed by atoms with Gasteiger partial charge in [0.05, 0.1) is 0 Å². The van der Waals surface area contributed by atoms with Crippen LogP contribution in [-0.4, -0.2) is 29.6 Å². The highest BCUT2D eigenvalue weighted by atomic mass is 16.5. The number of esters is 1. The maximum atomic E-state index is 11.3. The molecule has 1 aliphatic rings. The van der Waals surface area contributed by atoms with E-state index in [1.165, 1.54) is 13.8 Å². The van der Waals surface area contributed by atoms with Crippen molar-refractivity contribution >= 4 is 11.8 Å². The zero-order chi connectivity index (χ0) is 14.9. The third-order valence-corrected chi connectivity index (χ3v) is 3.14. The van der Waals surface area contributed by atoms with Crippen LogP contribution in [0.4, 0.5) is 0 Å². The summed E-state index contributed by atoms with van der Waals surface area (Å²) in [5, 5.41) is 10.2. The van der Waals surface area contributed by atoms with Gasteiger partial charge in [0.25, 0.3) is 0 Å². The standard InChI is InChI=1S/C15H16O5/c1-8(7-19-10(3)17)15-14(18)12-6-11(9(2)16)4-5-13(12)20-15/h4-6,14-15,18H,1,7H2,2-3H3/t14-,15-/m0/s1. The zero-order valence-corrected chi connectivity index (χ0v) is 11.4. The summed E-state index contributed by atoms with van der Waals surface area (Å²) in [7, 11) is 0. The second-order valence-electron chi connectivity index (χ2n) is 4.73. The molecular weight excluding hydrogens is 260 g/mol. The summed E-state index contributed by atoms with van der Waals surface area (Å²) in [5.41, 5.74) is 1.53. The van der Waals surface area contributed by atoms with Crippen LogP contribution in [0.2, 0.25) is 0 Å². The number of aliphatic hydroxyl groups is 1. The van der Waals surface area contributed by atoms with E-state index in [1.54, 1.807) is 18.2 Å². The summed E-state index contributed by atoms with van der Waals surface area (Å²) in [6.07, 6.45) is -1.60. The Bertz CT molecular complexity index is 576. The van der Waals surface area contributed by atoms with Crippen molar-refractivity contribution in [3.63, 3.8) is 0 Å². The van der Waals surface area contributed by atoms with Gasteiger partial charge < -0.3 is 14.6 Å². The highest BCUT2D eigenvalue weighted by Gasteiger charge is 2.35. The lowest BCUT2D eigenvalue weighted by atomic mass is 9.99. The Labute approximate surface area is 116 Å². The molecule has 0 saturated carbocycles. The van der Waals surface area contributed by atoms with E-state index in [-0.39, 0.29) is 12.4 Å². The Morgan fingerprint density at radius 3 is 2.70 bits per heavy atom. The molecule has 2 atom stereocenters. The van der Waals surface area contributed by atoms with E-state index in [1.807, 2.05) is 0 Å². The number of hydrogen-bond acceptors (Lipinski definition) is 5. The van der Waals surface area contributed by atoms with Crippen molar-refractivity contribution in [3.8, 4) is 5.75 Å². The SMILES string of the molecule is C=C(COC(C)=O)[C@@H]1Oc2ccc(C(C)=O)cc2[C@@H]1O. The number of aliphatic hydroxyl groups excluding tert-OH is 1. The number of carbonyl (C=O) groups excluding carboxylic acids is 2.